The van der Waals surface area contributed by atoms with Crippen LogP contribution < -0.4 is 14.4 Å². The van der Waals surface area contributed by atoms with Crippen LogP contribution in [0.4, 0.5) is 5.69 Å². The zero-order valence-electron chi connectivity index (χ0n) is 17.6. The van der Waals surface area contributed by atoms with Crippen LogP contribution in [-0.4, -0.2) is 58.5 Å². The molecule has 0 N–H and O–H groups in total. The van der Waals surface area contributed by atoms with E-state index in [1.54, 1.807) is 42.5 Å². The van der Waals surface area contributed by atoms with Crippen molar-refractivity contribution < 1.29 is 38.1 Å². The Morgan fingerprint density at radius 3 is 2.22 bits per heavy atom. The lowest BCUT2D eigenvalue weighted by atomic mass is 9.99. The number of rotatable bonds is 5. The molecule has 9 nitrogen and oxygen atoms in total. The summed E-state index contributed by atoms with van der Waals surface area (Å²) in [6.07, 6.45) is 0. The molecule has 0 aromatic heterocycles. The molecule has 0 fully saturated rings. The molecule has 9 heteroatoms. The number of anilines is 1. The van der Waals surface area contributed by atoms with E-state index in [4.69, 9.17) is 23.7 Å². The van der Waals surface area contributed by atoms with Crippen molar-refractivity contribution >= 4 is 23.4 Å². The van der Waals surface area contributed by atoms with E-state index in [0.29, 0.717) is 36.0 Å². The molecule has 166 valence electrons. The van der Waals surface area contributed by atoms with Gasteiger partial charge in [-0.1, -0.05) is 30.3 Å². The first-order chi connectivity index (χ1) is 15.5. The lowest BCUT2D eigenvalue weighted by Crippen LogP contribution is -2.39. The fraction of sp³-hybridized carbons (Fsp3) is 0.261. The van der Waals surface area contributed by atoms with E-state index in [2.05, 4.69) is 0 Å². The zero-order chi connectivity index (χ0) is 22.7. The molecule has 0 bridgehead atoms. The van der Waals surface area contributed by atoms with Crippen molar-refractivity contribution in [3.05, 3.63) is 64.9 Å². The number of benzene rings is 2. The lowest BCUT2D eigenvalue weighted by Gasteiger charge is -2.33. The Labute approximate surface area is 184 Å². The molecule has 0 unspecified atom stereocenters. The Morgan fingerprint density at radius 1 is 0.906 bits per heavy atom. The molecule has 0 aliphatic carbocycles. The van der Waals surface area contributed by atoms with Crippen LogP contribution in [0.15, 0.2) is 53.7 Å². The summed E-state index contributed by atoms with van der Waals surface area (Å²) in [5, 5.41) is 0. The van der Waals surface area contributed by atoms with E-state index in [1.807, 2.05) is 0 Å². The lowest BCUT2D eigenvalue weighted by molar-refractivity contribution is -0.140. The van der Waals surface area contributed by atoms with E-state index < -0.39 is 11.9 Å². The number of carbonyl (C=O) groups is 3. The summed E-state index contributed by atoms with van der Waals surface area (Å²) in [7, 11) is 2.41. The van der Waals surface area contributed by atoms with Crippen LogP contribution in [0.25, 0.3) is 0 Å². The molecule has 0 saturated carbocycles. The number of hydrogen-bond donors (Lipinski definition) is 0. The summed E-state index contributed by atoms with van der Waals surface area (Å²) in [5.74, 6) is -0.975. The van der Waals surface area contributed by atoms with Crippen molar-refractivity contribution in [1.29, 1.82) is 0 Å². The quantitative estimate of drug-likeness (QED) is 0.512. The van der Waals surface area contributed by atoms with Gasteiger partial charge in [-0.2, -0.15) is 0 Å². The van der Waals surface area contributed by atoms with Crippen molar-refractivity contribution in [2.24, 2.45) is 0 Å². The molecule has 0 saturated heterocycles. The van der Waals surface area contributed by atoms with E-state index in [9.17, 15) is 14.4 Å². The number of methoxy groups -OCH3 is 2. The predicted octanol–water partition coefficient (Wildman–Crippen LogP) is 2.08. The summed E-state index contributed by atoms with van der Waals surface area (Å²) in [6.45, 7) is 0.444. The second kappa shape index (κ2) is 9.11. The van der Waals surface area contributed by atoms with Gasteiger partial charge in [-0.05, 0) is 6.07 Å². The van der Waals surface area contributed by atoms with Crippen LogP contribution >= 0.6 is 0 Å². The first kappa shape index (κ1) is 21.4. The molecular formula is C23H21NO8. The smallest absolute Gasteiger partial charge is 0.355 e. The maximum Gasteiger partial charge on any atom is 0.355 e. The van der Waals surface area contributed by atoms with Gasteiger partial charge in [-0.15, -0.1) is 0 Å². The van der Waals surface area contributed by atoms with Crippen LogP contribution in [0.5, 0.6) is 11.5 Å². The van der Waals surface area contributed by atoms with E-state index in [1.165, 1.54) is 19.1 Å². The highest BCUT2D eigenvalue weighted by atomic mass is 16.6. The number of ether oxygens (including phenoxy) is 5. The van der Waals surface area contributed by atoms with Gasteiger partial charge in [0.2, 0.25) is 0 Å². The van der Waals surface area contributed by atoms with Crippen molar-refractivity contribution in [2.75, 3.05) is 45.7 Å². The maximum atomic E-state index is 13.4. The Balaban J connectivity index is 1.92. The normalized spacial score (nSPS) is 15.2. The number of esters is 2. The Hall–Kier alpha value is -3.85. The van der Waals surface area contributed by atoms with Gasteiger partial charge < -0.3 is 28.6 Å². The van der Waals surface area contributed by atoms with Gasteiger partial charge in [0.25, 0.3) is 0 Å². The average Bonchev–Trinajstić information content (AvgIpc) is 2.86. The van der Waals surface area contributed by atoms with Crippen LogP contribution in [-0.2, 0) is 23.8 Å². The van der Waals surface area contributed by atoms with E-state index >= 15 is 0 Å². The monoisotopic (exact) mass is 439 g/mol. The number of carbonyl (C=O) groups excluding carboxylic acids is 3. The minimum atomic E-state index is -0.762. The highest BCUT2D eigenvalue weighted by molar-refractivity contribution is 6.14. The van der Waals surface area contributed by atoms with Crippen molar-refractivity contribution in [2.45, 2.75) is 0 Å². The number of nitrogens with zero attached hydrogens (tertiary/aromatic N) is 1. The number of fused-ring (bicyclic) bond motifs is 1. The minimum absolute atomic E-state index is 0.0152. The molecular weight excluding hydrogens is 418 g/mol. The zero-order valence-corrected chi connectivity index (χ0v) is 17.6. The summed E-state index contributed by atoms with van der Waals surface area (Å²) in [6, 6.07) is 11.9. The third kappa shape index (κ3) is 3.90. The van der Waals surface area contributed by atoms with Gasteiger partial charge in [0.15, 0.2) is 17.3 Å². The topological polar surface area (TPSA) is 101 Å². The second-order valence-electron chi connectivity index (χ2n) is 6.92. The second-order valence-corrected chi connectivity index (χ2v) is 6.92. The first-order valence-corrected chi connectivity index (χ1v) is 9.83. The highest BCUT2D eigenvalue weighted by Gasteiger charge is 2.35. The molecule has 0 spiro atoms. The summed E-state index contributed by atoms with van der Waals surface area (Å²) in [5.41, 5.74) is 0.921. The third-order valence-electron chi connectivity index (χ3n) is 5.06. The summed E-state index contributed by atoms with van der Waals surface area (Å²) in [4.78, 5) is 39.9. The van der Waals surface area contributed by atoms with E-state index in [0.717, 1.165) is 0 Å². The van der Waals surface area contributed by atoms with Crippen LogP contribution in [0.1, 0.15) is 15.9 Å². The SMILES string of the molecule is COC(=O)C1=C(C(=O)OC)N(c2cc3c(cc2C(=O)c2ccccc2)OCCO3)COC1. The first-order valence-electron chi connectivity index (χ1n) is 9.83. The molecule has 0 amide bonds. The average molecular weight is 439 g/mol. The number of ketones is 1. The van der Waals surface area contributed by atoms with Gasteiger partial charge in [0.1, 0.15) is 25.6 Å². The Morgan fingerprint density at radius 2 is 1.56 bits per heavy atom. The maximum absolute atomic E-state index is 13.4. The fourth-order valence-corrected chi connectivity index (χ4v) is 3.56. The molecule has 2 aliphatic heterocycles. The van der Waals surface area contributed by atoms with Crippen LogP contribution in [0.3, 0.4) is 0 Å². The summed E-state index contributed by atoms with van der Waals surface area (Å²) < 4.78 is 26.6. The van der Waals surface area contributed by atoms with Gasteiger partial charge >= 0.3 is 11.9 Å². The van der Waals surface area contributed by atoms with Crippen LogP contribution in [0.2, 0.25) is 0 Å². The molecule has 0 radical (unpaired) electrons. The van der Waals surface area contributed by atoms with Gasteiger partial charge in [-0.3, -0.25) is 4.79 Å². The van der Waals surface area contributed by atoms with Gasteiger partial charge in [-0.25, -0.2) is 9.59 Å². The molecule has 32 heavy (non-hydrogen) atoms. The molecule has 2 aromatic carbocycles. The van der Waals surface area contributed by atoms with Crippen LogP contribution in [0, 0.1) is 0 Å². The molecule has 2 aromatic rings. The van der Waals surface area contributed by atoms with Gasteiger partial charge in [0.05, 0.1) is 37.7 Å². The molecule has 2 heterocycles. The standard InChI is InChI=1S/C23H21NO8/c1-28-22(26)16-12-30-13-24(20(16)23(27)29-2)17-11-19-18(31-8-9-32-19)10-15(17)21(25)14-6-4-3-5-7-14/h3-7,10-11H,8-9,12-13H2,1-2H3. The minimum Gasteiger partial charge on any atom is -0.486 e. The van der Waals surface area contributed by atoms with Crippen molar-refractivity contribution in [3.63, 3.8) is 0 Å². The summed E-state index contributed by atoms with van der Waals surface area (Å²) >= 11 is 0. The highest BCUT2D eigenvalue weighted by Crippen LogP contribution is 2.40. The third-order valence-corrected chi connectivity index (χ3v) is 5.06. The largest absolute Gasteiger partial charge is 0.486 e. The molecule has 0 atom stereocenters. The van der Waals surface area contributed by atoms with Crippen molar-refractivity contribution in [3.8, 4) is 11.5 Å². The fourth-order valence-electron chi connectivity index (χ4n) is 3.56. The number of hydrogen-bond acceptors (Lipinski definition) is 9. The van der Waals surface area contributed by atoms with E-state index in [-0.39, 0.29) is 36.0 Å². The van der Waals surface area contributed by atoms with Crippen molar-refractivity contribution in [1.82, 2.24) is 0 Å². The molecule has 2 aliphatic rings. The Bertz CT molecular complexity index is 1090. The molecule has 4 rings (SSSR count). The Kier molecular flexibility index (Phi) is 6.09. The predicted molar refractivity (Wildman–Crippen MR) is 112 cm³/mol. The van der Waals surface area contributed by atoms with Gasteiger partial charge in [0, 0.05) is 11.6 Å².